The second-order valence-corrected chi connectivity index (χ2v) is 6.10. The van der Waals surface area contributed by atoms with Gasteiger partial charge in [-0.2, -0.15) is 0 Å². The number of nitrogens with one attached hydrogen (secondary N) is 1. The molecule has 26 heavy (non-hydrogen) atoms. The van der Waals surface area contributed by atoms with Crippen molar-refractivity contribution in [3.05, 3.63) is 0 Å². The van der Waals surface area contributed by atoms with Crippen molar-refractivity contribution < 1.29 is 34.1 Å². The van der Waals surface area contributed by atoms with Gasteiger partial charge in [0.25, 0.3) is 0 Å². The van der Waals surface area contributed by atoms with E-state index in [1.807, 2.05) is 27.7 Å². The summed E-state index contributed by atoms with van der Waals surface area (Å²) in [5.74, 6) is -4.24. The van der Waals surface area contributed by atoms with Gasteiger partial charge < -0.3 is 26.0 Å². The summed E-state index contributed by atoms with van der Waals surface area (Å²) in [6.45, 7) is 8.24. The molecular formula is C17H32N2O7. The maximum absolute atomic E-state index is 12.0. The quantitative estimate of drug-likeness (QED) is 0.251. The summed E-state index contributed by atoms with van der Waals surface area (Å²) in [5, 5.41) is 17.5. The number of esters is 1. The maximum atomic E-state index is 12.0. The van der Waals surface area contributed by atoms with Crippen LogP contribution in [0.5, 0.6) is 0 Å². The summed E-state index contributed by atoms with van der Waals surface area (Å²) in [6.07, 6.45) is 4.23. The predicted molar refractivity (Wildman–Crippen MR) is 95.4 cm³/mol. The minimum Gasteiger partial charge on any atom is -0.473 e. The van der Waals surface area contributed by atoms with E-state index in [1.54, 1.807) is 0 Å². The average molecular weight is 376 g/mol. The number of rotatable bonds is 10. The Bertz CT molecular complexity index is 440. The van der Waals surface area contributed by atoms with Crippen molar-refractivity contribution in [1.82, 2.24) is 5.32 Å². The first-order chi connectivity index (χ1) is 12.1. The van der Waals surface area contributed by atoms with Crippen LogP contribution in [0.1, 0.15) is 59.8 Å². The number of carbonyl (C=O) groups excluding carboxylic acids is 2. The van der Waals surface area contributed by atoms with Crippen LogP contribution in [0.2, 0.25) is 0 Å². The molecule has 0 fully saturated rings. The maximum Gasteiger partial charge on any atom is 0.414 e. The van der Waals surface area contributed by atoms with Crippen LogP contribution in [0.15, 0.2) is 0 Å². The molecule has 152 valence electrons. The zero-order valence-corrected chi connectivity index (χ0v) is 16.0. The largest absolute Gasteiger partial charge is 0.473 e. The van der Waals surface area contributed by atoms with Crippen LogP contribution < -0.4 is 11.1 Å². The van der Waals surface area contributed by atoms with Gasteiger partial charge in [0.15, 0.2) is 0 Å². The van der Waals surface area contributed by atoms with E-state index in [9.17, 15) is 9.59 Å². The van der Waals surface area contributed by atoms with Crippen LogP contribution in [0.25, 0.3) is 0 Å². The molecular weight excluding hydrogens is 344 g/mol. The number of hydrogen-bond acceptors (Lipinski definition) is 6. The minimum atomic E-state index is -1.82. The number of aliphatic carboxylic acids is 2. The second kappa shape index (κ2) is 15.1. The molecule has 0 aliphatic rings. The van der Waals surface area contributed by atoms with Crippen molar-refractivity contribution in [3.63, 3.8) is 0 Å². The number of carboxylic acids is 2. The van der Waals surface area contributed by atoms with Gasteiger partial charge in [-0.1, -0.05) is 47.0 Å². The zero-order valence-electron chi connectivity index (χ0n) is 16.0. The summed E-state index contributed by atoms with van der Waals surface area (Å²) in [5.41, 5.74) is 5.79. The summed E-state index contributed by atoms with van der Waals surface area (Å²) in [6, 6.07) is -1.17. The molecule has 0 aromatic rings. The lowest BCUT2D eigenvalue weighted by Crippen LogP contribution is -2.50. The molecule has 0 bridgehead atoms. The predicted octanol–water partition coefficient (Wildman–Crippen LogP) is 1.14. The van der Waals surface area contributed by atoms with Crippen molar-refractivity contribution in [3.8, 4) is 0 Å². The summed E-state index contributed by atoms with van der Waals surface area (Å²) < 4.78 is 5.19. The van der Waals surface area contributed by atoms with Gasteiger partial charge in [-0.3, -0.25) is 4.79 Å². The second-order valence-electron chi connectivity index (χ2n) is 6.10. The third-order valence-electron chi connectivity index (χ3n) is 3.39. The van der Waals surface area contributed by atoms with Crippen LogP contribution in [0.3, 0.4) is 0 Å². The molecule has 1 amide bonds. The summed E-state index contributed by atoms with van der Waals surface area (Å²) in [7, 11) is 0. The van der Waals surface area contributed by atoms with Gasteiger partial charge in [0.1, 0.15) is 6.04 Å². The molecule has 0 aromatic carbocycles. The number of amides is 1. The highest BCUT2D eigenvalue weighted by Gasteiger charge is 2.25. The molecule has 0 rings (SSSR count). The monoisotopic (exact) mass is 376 g/mol. The van der Waals surface area contributed by atoms with Gasteiger partial charge >= 0.3 is 17.9 Å². The van der Waals surface area contributed by atoms with Crippen molar-refractivity contribution in [2.24, 2.45) is 11.7 Å². The first-order valence-corrected chi connectivity index (χ1v) is 8.77. The highest BCUT2D eigenvalue weighted by molar-refractivity contribution is 6.27. The van der Waals surface area contributed by atoms with Gasteiger partial charge in [0, 0.05) is 0 Å². The van der Waals surface area contributed by atoms with E-state index in [-0.39, 0.29) is 17.8 Å². The van der Waals surface area contributed by atoms with Crippen molar-refractivity contribution >= 4 is 23.8 Å². The van der Waals surface area contributed by atoms with Gasteiger partial charge in [-0.25, -0.2) is 14.4 Å². The Kier molecular flexibility index (Phi) is 15.2. The van der Waals surface area contributed by atoms with Crippen LogP contribution >= 0.6 is 0 Å². The lowest BCUT2D eigenvalue weighted by Gasteiger charge is -2.21. The Morgan fingerprint density at radius 3 is 1.88 bits per heavy atom. The third kappa shape index (κ3) is 13.2. The standard InChI is InChI=1S/C15H30N2O3.C2H2O4/c1-5-7-9-12(15(19)20-10-8-6-2)17-14(18)13(16)11(3)4;3-1(4)2(5)6/h11-13H,5-10,16H2,1-4H3,(H,17,18);(H,3,4)(H,5,6). The van der Waals surface area contributed by atoms with Gasteiger partial charge in [-0.05, 0) is 18.8 Å². The van der Waals surface area contributed by atoms with Gasteiger partial charge in [-0.15, -0.1) is 0 Å². The molecule has 0 aliphatic heterocycles. The first-order valence-electron chi connectivity index (χ1n) is 8.77. The number of carbonyl (C=O) groups is 4. The normalized spacial score (nSPS) is 12.4. The highest BCUT2D eigenvalue weighted by Crippen LogP contribution is 2.06. The van der Waals surface area contributed by atoms with E-state index < -0.39 is 24.0 Å². The van der Waals surface area contributed by atoms with Crippen LogP contribution in [-0.4, -0.2) is 52.7 Å². The van der Waals surface area contributed by atoms with E-state index in [0.29, 0.717) is 13.0 Å². The number of nitrogens with two attached hydrogens (primary N) is 1. The molecule has 0 saturated carbocycles. The number of unbranched alkanes of at least 4 members (excludes halogenated alkanes) is 2. The highest BCUT2D eigenvalue weighted by atomic mass is 16.5. The lowest BCUT2D eigenvalue weighted by atomic mass is 10.0. The molecule has 0 spiro atoms. The summed E-state index contributed by atoms with van der Waals surface area (Å²) >= 11 is 0. The minimum absolute atomic E-state index is 0.0398. The fourth-order valence-corrected chi connectivity index (χ4v) is 1.65. The molecule has 0 saturated heterocycles. The Morgan fingerprint density at radius 1 is 1.00 bits per heavy atom. The average Bonchev–Trinajstić information content (AvgIpc) is 2.57. The van der Waals surface area contributed by atoms with E-state index in [4.69, 9.17) is 30.3 Å². The Labute approximate surface area is 154 Å². The number of ether oxygens (including phenoxy) is 1. The molecule has 0 aromatic heterocycles. The van der Waals surface area contributed by atoms with Crippen molar-refractivity contribution in [2.45, 2.75) is 71.9 Å². The van der Waals surface area contributed by atoms with Crippen molar-refractivity contribution in [1.29, 1.82) is 0 Å². The van der Waals surface area contributed by atoms with Gasteiger partial charge in [0.05, 0.1) is 12.6 Å². The van der Waals surface area contributed by atoms with Crippen LogP contribution in [-0.2, 0) is 23.9 Å². The van der Waals surface area contributed by atoms with Gasteiger partial charge in [0.2, 0.25) is 5.91 Å². The molecule has 2 unspecified atom stereocenters. The molecule has 0 heterocycles. The molecule has 9 heteroatoms. The Hall–Kier alpha value is -2.16. The number of hydrogen-bond donors (Lipinski definition) is 4. The molecule has 2 atom stereocenters. The van der Waals surface area contributed by atoms with E-state index in [2.05, 4.69) is 5.32 Å². The van der Waals surface area contributed by atoms with E-state index >= 15 is 0 Å². The first kappa shape index (κ1) is 26.1. The molecule has 0 radical (unpaired) electrons. The van der Waals surface area contributed by atoms with E-state index in [1.165, 1.54) is 0 Å². The molecule has 9 nitrogen and oxygen atoms in total. The fourth-order valence-electron chi connectivity index (χ4n) is 1.65. The zero-order chi connectivity index (χ0) is 20.7. The Morgan fingerprint density at radius 2 is 1.50 bits per heavy atom. The van der Waals surface area contributed by atoms with Crippen molar-refractivity contribution in [2.75, 3.05) is 6.61 Å². The topological polar surface area (TPSA) is 156 Å². The molecule has 0 aliphatic carbocycles. The van der Waals surface area contributed by atoms with Crippen LogP contribution in [0.4, 0.5) is 0 Å². The number of carboxylic acid groups (broad SMARTS) is 2. The lowest BCUT2D eigenvalue weighted by molar-refractivity contribution is -0.159. The third-order valence-corrected chi connectivity index (χ3v) is 3.39. The smallest absolute Gasteiger partial charge is 0.414 e. The SMILES string of the molecule is CCCCOC(=O)C(CCCC)NC(=O)C(N)C(C)C.O=C(O)C(=O)O. The molecule has 5 N–H and O–H groups in total. The summed E-state index contributed by atoms with van der Waals surface area (Å²) in [4.78, 5) is 42.1. The van der Waals surface area contributed by atoms with Crippen LogP contribution in [0, 0.1) is 5.92 Å². The van der Waals surface area contributed by atoms with E-state index in [0.717, 1.165) is 25.7 Å². The fraction of sp³-hybridized carbons (Fsp3) is 0.765. The Balaban J connectivity index is 0.